The van der Waals surface area contributed by atoms with Gasteiger partial charge in [-0.3, -0.25) is 9.88 Å². The maximum Gasteiger partial charge on any atom is 0.391 e. The second-order valence-electron chi connectivity index (χ2n) is 5.12. The van der Waals surface area contributed by atoms with Gasteiger partial charge in [0.15, 0.2) is 0 Å². The van der Waals surface area contributed by atoms with Crippen molar-refractivity contribution in [3.05, 3.63) is 29.6 Å². The van der Waals surface area contributed by atoms with Crippen molar-refractivity contribution >= 4 is 5.97 Å². The van der Waals surface area contributed by atoms with Gasteiger partial charge < -0.3 is 4.74 Å². The van der Waals surface area contributed by atoms with Gasteiger partial charge in [-0.25, -0.2) is 4.79 Å². The molecule has 1 aliphatic rings. The summed E-state index contributed by atoms with van der Waals surface area (Å²) < 4.78 is 42.3. The van der Waals surface area contributed by atoms with Crippen LogP contribution in [-0.2, 0) is 11.3 Å². The number of esters is 1. The highest BCUT2D eigenvalue weighted by atomic mass is 19.4. The maximum absolute atomic E-state index is 12.6. The number of pyridine rings is 1. The summed E-state index contributed by atoms with van der Waals surface area (Å²) in [5.74, 6) is -1.65. The van der Waals surface area contributed by atoms with Crippen LogP contribution in [0.4, 0.5) is 13.2 Å². The normalized spacial score (nSPS) is 17.7. The van der Waals surface area contributed by atoms with E-state index in [1.54, 1.807) is 12.1 Å². The van der Waals surface area contributed by atoms with Crippen molar-refractivity contribution in [2.75, 3.05) is 20.2 Å². The second kappa shape index (κ2) is 6.43. The number of alkyl halides is 3. The molecule has 1 fully saturated rings. The van der Waals surface area contributed by atoms with Crippen molar-refractivity contribution in [2.24, 2.45) is 5.92 Å². The van der Waals surface area contributed by atoms with Gasteiger partial charge in [-0.2, -0.15) is 13.2 Å². The van der Waals surface area contributed by atoms with Gasteiger partial charge in [0.1, 0.15) is 0 Å². The van der Waals surface area contributed by atoms with E-state index in [4.69, 9.17) is 0 Å². The fraction of sp³-hybridized carbons (Fsp3) is 0.571. The third-order valence-corrected chi connectivity index (χ3v) is 3.68. The number of piperidine rings is 1. The summed E-state index contributed by atoms with van der Waals surface area (Å²) >= 11 is 0. The predicted octanol–water partition coefficient (Wildman–Crippen LogP) is 2.64. The monoisotopic (exact) mass is 302 g/mol. The lowest BCUT2D eigenvalue weighted by molar-refractivity contribution is -0.185. The van der Waals surface area contributed by atoms with Crippen LogP contribution in [0.25, 0.3) is 0 Å². The Balaban J connectivity index is 1.88. The molecule has 0 saturated carbocycles. The quantitative estimate of drug-likeness (QED) is 0.805. The molecule has 0 aliphatic carbocycles. The number of carbonyl (C=O) groups excluding carboxylic acids is 1. The molecular weight excluding hydrogens is 285 g/mol. The molecule has 0 bridgehead atoms. The fourth-order valence-corrected chi connectivity index (χ4v) is 2.40. The van der Waals surface area contributed by atoms with Crippen LogP contribution in [0.2, 0.25) is 0 Å². The van der Waals surface area contributed by atoms with Gasteiger partial charge in [0.05, 0.1) is 24.3 Å². The molecule has 0 spiro atoms. The smallest absolute Gasteiger partial charge is 0.391 e. The van der Waals surface area contributed by atoms with E-state index in [0.29, 0.717) is 25.2 Å². The lowest BCUT2D eigenvalue weighted by Gasteiger charge is -2.32. The van der Waals surface area contributed by atoms with E-state index in [-0.39, 0.29) is 12.8 Å². The van der Waals surface area contributed by atoms with Crippen molar-refractivity contribution in [3.8, 4) is 0 Å². The zero-order valence-electron chi connectivity index (χ0n) is 11.7. The van der Waals surface area contributed by atoms with Crippen molar-refractivity contribution < 1.29 is 22.7 Å². The summed E-state index contributed by atoms with van der Waals surface area (Å²) in [5, 5.41) is 0. The SMILES string of the molecule is COC(=O)c1ccc(CN2CCC(C(F)(F)F)CC2)nc1. The van der Waals surface area contributed by atoms with Crippen LogP contribution in [0.3, 0.4) is 0 Å². The molecule has 0 aromatic carbocycles. The molecule has 1 aromatic heterocycles. The first kappa shape index (κ1) is 15.8. The van der Waals surface area contributed by atoms with Crippen molar-refractivity contribution in [2.45, 2.75) is 25.6 Å². The Hall–Kier alpha value is -1.63. The second-order valence-corrected chi connectivity index (χ2v) is 5.12. The number of rotatable bonds is 3. The van der Waals surface area contributed by atoms with E-state index >= 15 is 0 Å². The maximum atomic E-state index is 12.6. The van der Waals surface area contributed by atoms with Crippen LogP contribution in [-0.4, -0.2) is 42.2 Å². The number of nitrogens with zero attached hydrogens (tertiary/aromatic N) is 2. The number of methoxy groups -OCH3 is 1. The van der Waals surface area contributed by atoms with Crippen LogP contribution >= 0.6 is 0 Å². The van der Waals surface area contributed by atoms with Crippen LogP contribution in [0.1, 0.15) is 28.9 Å². The molecule has 0 radical (unpaired) electrons. The van der Waals surface area contributed by atoms with Crippen LogP contribution in [0.5, 0.6) is 0 Å². The molecule has 2 heterocycles. The Bertz CT molecular complexity index is 480. The van der Waals surface area contributed by atoms with Gasteiger partial charge in [0.2, 0.25) is 0 Å². The van der Waals surface area contributed by atoms with Gasteiger partial charge in [0.25, 0.3) is 0 Å². The lowest BCUT2D eigenvalue weighted by Crippen LogP contribution is -2.38. The minimum absolute atomic E-state index is 0.129. The Morgan fingerprint density at radius 3 is 2.52 bits per heavy atom. The number of hydrogen-bond donors (Lipinski definition) is 0. The molecule has 1 aliphatic heterocycles. The number of aromatic nitrogens is 1. The summed E-state index contributed by atoms with van der Waals surface area (Å²) in [7, 11) is 1.29. The molecule has 0 N–H and O–H groups in total. The first-order valence-electron chi connectivity index (χ1n) is 6.72. The summed E-state index contributed by atoms with van der Waals surface area (Å²) in [4.78, 5) is 17.4. The van der Waals surface area contributed by atoms with Crippen molar-refractivity contribution in [3.63, 3.8) is 0 Å². The zero-order valence-corrected chi connectivity index (χ0v) is 11.7. The van der Waals surface area contributed by atoms with E-state index in [0.717, 1.165) is 5.69 Å². The van der Waals surface area contributed by atoms with Crippen molar-refractivity contribution in [1.29, 1.82) is 0 Å². The highest BCUT2D eigenvalue weighted by molar-refractivity contribution is 5.88. The molecule has 0 amide bonds. The van der Waals surface area contributed by atoms with Crippen LogP contribution in [0.15, 0.2) is 18.3 Å². The van der Waals surface area contributed by atoms with Crippen molar-refractivity contribution in [1.82, 2.24) is 9.88 Å². The highest BCUT2D eigenvalue weighted by Crippen LogP contribution is 2.34. The molecule has 4 nitrogen and oxygen atoms in total. The molecule has 116 valence electrons. The van der Waals surface area contributed by atoms with Gasteiger partial charge in [-0.1, -0.05) is 0 Å². The molecule has 7 heteroatoms. The predicted molar refractivity (Wildman–Crippen MR) is 69.6 cm³/mol. The van der Waals surface area contributed by atoms with E-state index < -0.39 is 18.1 Å². The third-order valence-electron chi connectivity index (χ3n) is 3.68. The Morgan fingerprint density at radius 2 is 2.05 bits per heavy atom. The zero-order chi connectivity index (χ0) is 15.5. The average Bonchev–Trinajstić information content (AvgIpc) is 2.47. The van der Waals surface area contributed by atoms with Gasteiger partial charge >= 0.3 is 12.1 Å². The number of ether oxygens (including phenoxy) is 1. The minimum atomic E-state index is -4.09. The fourth-order valence-electron chi connectivity index (χ4n) is 2.40. The summed E-state index contributed by atoms with van der Waals surface area (Å²) in [6.45, 7) is 1.31. The van der Waals surface area contributed by atoms with Gasteiger partial charge in [-0.05, 0) is 38.1 Å². The minimum Gasteiger partial charge on any atom is -0.465 e. The van der Waals surface area contributed by atoms with Crippen LogP contribution < -0.4 is 0 Å². The number of halogens is 3. The summed E-state index contributed by atoms with van der Waals surface area (Å²) in [6.07, 6.45) is -2.41. The molecule has 1 saturated heterocycles. The van der Waals surface area contributed by atoms with E-state index in [2.05, 4.69) is 9.72 Å². The lowest BCUT2D eigenvalue weighted by atomic mass is 9.96. The average molecular weight is 302 g/mol. The van der Waals surface area contributed by atoms with Crippen LogP contribution in [0, 0.1) is 5.92 Å². The Labute approximate surface area is 120 Å². The van der Waals surface area contributed by atoms with E-state index in [1.807, 2.05) is 4.90 Å². The first-order valence-corrected chi connectivity index (χ1v) is 6.72. The molecule has 2 rings (SSSR count). The van der Waals surface area contributed by atoms with Gasteiger partial charge in [-0.15, -0.1) is 0 Å². The molecule has 1 aromatic rings. The number of hydrogen-bond acceptors (Lipinski definition) is 4. The summed E-state index contributed by atoms with van der Waals surface area (Å²) in [6, 6.07) is 3.30. The van der Waals surface area contributed by atoms with Gasteiger partial charge in [0, 0.05) is 12.7 Å². The molecule has 21 heavy (non-hydrogen) atoms. The van der Waals surface area contributed by atoms with E-state index in [9.17, 15) is 18.0 Å². The molecule has 0 atom stereocenters. The third kappa shape index (κ3) is 4.17. The summed E-state index contributed by atoms with van der Waals surface area (Å²) in [5.41, 5.74) is 1.09. The number of likely N-dealkylation sites (tertiary alicyclic amines) is 1. The highest BCUT2D eigenvalue weighted by Gasteiger charge is 2.40. The largest absolute Gasteiger partial charge is 0.465 e. The topological polar surface area (TPSA) is 42.4 Å². The van der Waals surface area contributed by atoms with E-state index in [1.165, 1.54) is 13.3 Å². The Kier molecular flexibility index (Phi) is 4.82. The standard InChI is InChI=1S/C14H17F3N2O2/c1-21-13(20)10-2-3-12(18-8-10)9-19-6-4-11(5-7-19)14(15,16)17/h2-3,8,11H,4-7,9H2,1H3. The first-order chi connectivity index (χ1) is 9.90. The molecular formula is C14H17F3N2O2. The molecule has 0 unspecified atom stereocenters. The Morgan fingerprint density at radius 1 is 1.38 bits per heavy atom. The number of carbonyl (C=O) groups is 1.